The third kappa shape index (κ3) is 2.70. The maximum Gasteiger partial charge on any atom is 0.267 e. The fourth-order valence-corrected chi connectivity index (χ4v) is 4.22. The van der Waals surface area contributed by atoms with Gasteiger partial charge >= 0.3 is 0 Å². The van der Waals surface area contributed by atoms with E-state index in [2.05, 4.69) is 13.5 Å². The smallest absolute Gasteiger partial charge is 0.267 e. The van der Waals surface area contributed by atoms with E-state index in [9.17, 15) is 9.59 Å². The highest BCUT2D eigenvalue weighted by Crippen LogP contribution is 2.44. The molecule has 1 fully saturated rings. The molecule has 0 spiro atoms. The molecule has 0 N–H and O–H groups in total. The van der Waals surface area contributed by atoms with Crippen LogP contribution in [0.25, 0.3) is 5.57 Å². The van der Waals surface area contributed by atoms with Crippen molar-refractivity contribution in [3.63, 3.8) is 0 Å². The lowest BCUT2D eigenvalue weighted by Crippen LogP contribution is -2.30. The van der Waals surface area contributed by atoms with Gasteiger partial charge in [0.05, 0.1) is 16.2 Å². The Hall–Kier alpha value is -1.92. The number of nitrogens with zero attached hydrogens (tertiary/aromatic N) is 2. The molecular weight excluding hydrogens is 340 g/mol. The van der Waals surface area contributed by atoms with Gasteiger partial charge in [-0.25, -0.2) is 0 Å². The second-order valence-corrected chi connectivity index (χ2v) is 7.25. The van der Waals surface area contributed by atoms with E-state index in [0.717, 1.165) is 24.1 Å². The van der Waals surface area contributed by atoms with E-state index in [1.807, 2.05) is 24.3 Å². The van der Waals surface area contributed by atoms with E-state index in [-0.39, 0.29) is 11.8 Å². The molecule has 24 heavy (non-hydrogen) atoms. The van der Waals surface area contributed by atoms with Gasteiger partial charge in [-0.2, -0.15) is 0 Å². The summed E-state index contributed by atoms with van der Waals surface area (Å²) in [6.07, 6.45) is 3.56. The standard InChI is InChI=1S/C18H18N2O2S2/c1-3-5-11-19-13-9-7-6-8-12(13)14(16(19)21)15-17(22)20(10-4-2)18(23)24-15/h4,6-9H,2-3,5,10-11H2,1H3. The number of carbonyl (C=O) groups excluding carboxylic acids is 2. The van der Waals surface area contributed by atoms with E-state index >= 15 is 0 Å². The van der Waals surface area contributed by atoms with E-state index < -0.39 is 0 Å². The molecule has 6 heteroatoms. The van der Waals surface area contributed by atoms with Gasteiger partial charge in [0.1, 0.15) is 4.32 Å². The normalized spacial score (nSPS) is 20.1. The van der Waals surface area contributed by atoms with Crippen LogP contribution in [0.15, 0.2) is 41.8 Å². The summed E-state index contributed by atoms with van der Waals surface area (Å²) in [7, 11) is 0. The summed E-state index contributed by atoms with van der Waals surface area (Å²) in [6.45, 7) is 6.76. The summed E-state index contributed by atoms with van der Waals surface area (Å²) in [5.41, 5.74) is 2.17. The van der Waals surface area contributed by atoms with Crippen LogP contribution in [0, 0.1) is 0 Å². The first kappa shape index (κ1) is 16.9. The number of rotatable bonds is 5. The van der Waals surface area contributed by atoms with Crippen LogP contribution in [0.2, 0.25) is 0 Å². The average Bonchev–Trinajstić information content (AvgIpc) is 3.01. The predicted octanol–water partition coefficient (Wildman–Crippen LogP) is 3.59. The second kappa shape index (κ2) is 6.91. The summed E-state index contributed by atoms with van der Waals surface area (Å²) in [5.74, 6) is -0.316. The number of thiocarbonyl (C=S) groups is 1. The van der Waals surface area contributed by atoms with Crippen LogP contribution in [0.1, 0.15) is 25.3 Å². The largest absolute Gasteiger partial charge is 0.308 e. The topological polar surface area (TPSA) is 40.6 Å². The molecule has 2 aliphatic rings. The first-order valence-electron chi connectivity index (χ1n) is 7.90. The molecule has 0 radical (unpaired) electrons. The van der Waals surface area contributed by atoms with Gasteiger partial charge in [0.2, 0.25) is 0 Å². The van der Waals surface area contributed by atoms with Gasteiger partial charge < -0.3 is 4.90 Å². The summed E-state index contributed by atoms with van der Waals surface area (Å²) in [5, 5.41) is 0. The number of thioether (sulfide) groups is 1. The van der Waals surface area contributed by atoms with Crippen molar-refractivity contribution in [1.29, 1.82) is 0 Å². The Balaban J connectivity index is 2.08. The molecule has 2 aliphatic heterocycles. The highest BCUT2D eigenvalue weighted by molar-refractivity contribution is 8.26. The van der Waals surface area contributed by atoms with Gasteiger partial charge in [-0.15, -0.1) is 6.58 Å². The molecule has 124 valence electrons. The van der Waals surface area contributed by atoms with E-state index in [4.69, 9.17) is 12.2 Å². The number of unbranched alkanes of at least 4 members (excludes halogenated alkanes) is 1. The Labute approximate surface area is 151 Å². The predicted molar refractivity (Wildman–Crippen MR) is 103 cm³/mol. The minimum atomic E-state index is -0.208. The second-order valence-electron chi connectivity index (χ2n) is 5.60. The number of anilines is 1. The quantitative estimate of drug-likeness (QED) is 0.458. The summed E-state index contributed by atoms with van der Waals surface area (Å²) < 4.78 is 0.472. The zero-order valence-electron chi connectivity index (χ0n) is 13.4. The summed E-state index contributed by atoms with van der Waals surface area (Å²) >= 11 is 6.50. The maximum atomic E-state index is 13.0. The summed E-state index contributed by atoms with van der Waals surface area (Å²) in [6, 6.07) is 7.63. The van der Waals surface area contributed by atoms with Crippen molar-refractivity contribution in [2.45, 2.75) is 19.8 Å². The molecule has 0 unspecified atom stereocenters. The number of hydrogen-bond donors (Lipinski definition) is 0. The van der Waals surface area contributed by atoms with Crippen LogP contribution in [0.3, 0.4) is 0 Å². The van der Waals surface area contributed by atoms with Crippen LogP contribution in [0.4, 0.5) is 5.69 Å². The summed E-state index contributed by atoms with van der Waals surface area (Å²) in [4.78, 5) is 29.4. The van der Waals surface area contributed by atoms with Crippen LogP contribution < -0.4 is 4.90 Å². The Morgan fingerprint density at radius 2 is 1.96 bits per heavy atom. The number of benzene rings is 1. The van der Waals surface area contributed by atoms with Crippen molar-refractivity contribution in [1.82, 2.24) is 4.90 Å². The Bertz CT molecular complexity index is 770. The lowest BCUT2D eigenvalue weighted by molar-refractivity contribution is -0.122. The minimum absolute atomic E-state index is 0.108. The molecule has 0 atom stereocenters. The van der Waals surface area contributed by atoms with Crippen LogP contribution in [-0.4, -0.2) is 34.1 Å². The Kier molecular flexibility index (Phi) is 4.87. The number of amides is 2. The first-order valence-corrected chi connectivity index (χ1v) is 9.12. The average molecular weight is 358 g/mol. The maximum absolute atomic E-state index is 13.0. The fraction of sp³-hybridized carbons (Fsp3) is 0.278. The molecule has 1 aromatic rings. The molecule has 0 saturated carbocycles. The monoisotopic (exact) mass is 358 g/mol. The highest BCUT2D eigenvalue weighted by atomic mass is 32.2. The zero-order valence-corrected chi connectivity index (χ0v) is 15.1. The number of para-hydroxylation sites is 1. The van der Waals surface area contributed by atoms with Crippen molar-refractivity contribution in [3.8, 4) is 0 Å². The SMILES string of the molecule is C=CCN1C(=O)C(=C2C(=O)N(CCCC)c3ccccc32)SC1=S. The van der Waals surface area contributed by atoms with Crippen molar-refractivity contribution >= 4 is 51.4 Å². The van der Waals surface area contributed by atoms with Crippen molar-refractivity contribution < 1.29 is 9.59 Å². The van der Waals surface area contributed by atoms with Gasteiger partial charge in [-0.1, -0.05) is 61.6 Å². The number of carbonyl (C=O) groups is 2. The van der Waals surface area contributed by atoms with Gasteiger partial charge in [-0.05, 0) is 12.5 Å². The molecule has 0 aromatic heterocycles. The van der Waals surface area contributed by atoms with Crippen molar-refractivity contribution in [3.05, 3.63) is 47.4 Å². The van der Waals surface area contributed by atoms with Gasteiger partial charge in [0.15, 0.2) is 0 Å². The lowest BCUT2D eigenvalue weighted by atomic mass is 10.1. The fourth-order valence-electron chi connectivity index (χ4n) is 2.87. The van der Waals surface area contributed by atoms with Crippen LogP contribution >= 0.6 is 24.0 Å². The van der Waals surface area contributed by atoms with E-state index in [1.54, 1.807) is 11.0 Å². The third-order valence-electron chi connectivity index (χ3n) is 4.05. The molecule has 1 aromatic carbocycles. The molecule has 2 heterocycles. The molecule has 1 saturated heterocycles. The molecule has 0 bridgehead atoms. The lowest BCUT2D eigenvalue weighted by Gasteiger charge is -2.16. The van der Waals surface area contributed by atoms with E-state index in [0.29, 0.717) is 27.9 Å². The molecule has 3 rings (SSSR count). The number of fused-ring (bicyclic) bond motifs is 1. The van der Waals surface area contributed by atoms with Crippen LogP contribution in [-0.2, 0) is 9.59 Å². The molecular formula is C18H18N2O2S2. The number of hydrogen-bond acceptors (Lipinski definition) is 4. The van der Waals surface area contributed by atoms with Crippen molar-refractivity contribution in [2.24, 2.45) is 0 Å². The Morgan fingerprint density at radius 3 is 2.67 bits per heavy atom. The zero-order chi connectivity index (χ0) is 17.3. The van der Waals surface area contributed by atoms with Gasteiger partial charge in [0.25, 0.3) is 11.8 Å². The van der Waals surface area contributed by atoms with Gasteiger partial charge in [-0.3, -0.25) is 14.5 Å². The first-order chi connectivity index (χ1) is 11.6. The third-order valence-corrected chi connectivity index (χ3v) is 5.49. The van der Waals surface area contributed by atoms with Gasteiger partial charge in [0, 0.05) is 18.7 Å². The highest BCUT2D eigenvalue weighted by Gasteiger charge is 2.41. The molecule has 0 aliphatic carbocycles. The minimum Gasteiger partial charge on any atom is -0.308 e. The van der Waals surface area contributed by atoms with Crippen molar-refractivity contribution in [2.75, 3.05) is 18.0 Å². The van der Waals surface area contributed by atoms with Crippen LogP contribution in [0.5, 0.6) is 0 Å². The van der Waals surface area contributed by atoms with E-state index in [1.165, 1.54) is 16.7 Å². The molecule has 4 nitrogen and oxygen atoms in total. The molecule has 2 amide bonds. The Morgan fingerprint density at radius 1 is 1.21 bits per heavy atom.